The van der Waals surface area contributed by atoms with E-state index >= 15 is 0 Å². The van der Waals surface area contributed by atoms with Crippen LogP contribution in [0, 0.1) is 0 Å². The van der Waals surface area contributed by atoms with Crippen LogP contribution < -0.4 is 32.0 Å². The van der Waals surface area contributed by atoms with Crippen LogP contribution in [0.1, 0.15) is 105 Å². The molecule has 4 aromatic carbocycles. The second kappa shape index (κ2) is 21.6. The van der Waals surface area contributed by atoms with Crippen LogP contribution in [-0.4, -0.2) is 56.7 Å². The number of allylic oxidation sites excluding steroid dienone is 7. The Morgan fingerprint density at radius 3 is 2.21 bits per heavy atom. The first-order valence-electron chi connectivity index (χ1n) is 22.3. The number of carbonyl (C=O) groups is 2. The Kier molecular flexibility index (Phi) is 16.2. The van der Waals surface area contributed by atoms with Crippen LogP contribution in [0.4, 0.5) is 11.4 Å². The molecule has 0 aliphatic carbocycles. The van der Waals surface area contributed by atoms with Gasteiger partial charge in [0.1, 0.15) is 5.75 Å². The van der Waals surface area contributed by atoms with Gasteiger partial charge in [0.05, 0.1) is 16.7 Å². The minimum absolute atomic E-state index is 0. The SMILES string of the molecule is C=C(C)C(=O)CCCCCC(=O)c1ccc(C(=C\C=C2/N(Cc3ccccc3B(O)O)c3ccccc3C2(C)C)/C=C/C2=[N+](Cc3ccccc3O[B]O)c3ccccc3C2(C)C)nc1.[Br-]. The van der Waals surface area contributed by atoms with Crippen LogP contribution in [0.25, 0.3) is 5.57 Å². The lowest BCUT2D eigenvalue weighted by Crippen LogP contribution is -3.00. The van der Waals surface area contributed by atoms with Gasteiger partial charge in [-0.1, -0.05) is 106 Å². The largest absolute Gasteiger partial charge is 1.00 e. The number of nitrogens with zero attached hydrogens (tertiary/aromatic N) is 3. The Morgan fingerprint density at radius 2 is 1.50 bits per heavy atom. The van der Waals surface area contributed by atoms with Crippen molar-refractivity contribution in [3.05, 3.63) is 191 Å². The maximum absolute atomic E-state index is 13.4. The van der Waals surface area contributed by atoms with Crippen molar-refractivity contribution in [3.8, 4) is 5.75 Å². The van der Waals surface area contributed by atoms with E-state index in [-0.39, 0.29) is 28.5 Å². The Morgan fingerprint density at radius 1 is 0.833 bits per heavy atom. The third-order valence-corrected chi connectivity index (χ3v) is 12.7. The van der Waals surface area contributed by atoms with Crippen LogP contribution in [0.15, 0.2) is 158 Å². The van der Waals surface area contributed by atoms with Gasteiger partial charge in [0.2, 0.25) is 5.69 Å². The molecule has 0 amide bonds. The summed E-state index contributed by atoms with van der Waals surface area (Å²) in [5.41, 5.74) is 10.4. The van der Waals surface area contributed by atoms with E-state index < -0.39 is 17.9 Å². The predicted molar refractivity (Wildman–Crippen MR) is 262 cm³/mol. The number of unbranched alkanes of at least 4 members (excludes halogenated alkanes) is 2. The lowest BCUT2D eigenvalue weighted by molar-refractivity contribution is -0.455. The van der Waals surface area contributed by atoms with Crippen molar-refractivity contribution in [2.24, 2.45) is 0 Å². The Balaban J connectivity index is 0.00000720. The van der Waals surface area contributed by atoms with Gasteiger partial charge in [-0.15, -0.1) is 0 Å². The average molecular weight is 946 g/mol. The van der Waals surface area contributed by atoms with Crippen LogP contribution in [0.5, 0.6) is 5.75 Å². The highest BCUT2D eigenvalue weighted by Gasteiger charge is 2.44. The topological polar surface area (TPSA) is 123 Å². The third kappa shape index (κ3) is 10.7. The number of Topliss-reactive ketones (excluding diaryl/α,β-unsaturated/α-hetero) is 2. The molecule has 3 N–H and O–H groups in total. The Labute approximate surface area is 400 Å². The molecule has 7 rings (SSSR count). The highest BCUT2D eigenvalue weighted by atomic mass is 79.9. The molecule has 0 bridgehead atoms. The van der Waals surface area contributed by atoms with Crippen molar-refractivity contribution < 1.29 is 50.9 Å². The molecule has 2 aliphatic heterocycles. The van der Waals surface area contributed by atoms with Crippen LogP contribution in [0.2, 0.25) is 0 Å². The van der Waals surface area contributed by atoms with Gasteiger partial charge in [0.15, 0.2) is 23.8 Å². The van der Waals surface area contributed by atoms with Gasteiger partial charge in [0, 0.05) is 71.2 Å². The van der Waals surface area contributed by atoms with Gasteiger partial charge in [-0.3, -0.25) is 14.6 Å². The second-order valence-electron chi connectivity index (χ2n) is 17.9. The van der Waals surface area contributed by atoms with Crippen molar-refractivity contribution in [1.82, 2.24) is 4.98 Å². The molecule has 0 saturated heterocycles. The van der Waals surface area contributed by atoms with Gasteiger partial charge in [-0.05, 0) is 98.3 Å². The van der Waals surface area contributed by atoms with Gasteiger partial charge in [-0.25, -0.2) is 0 Å². The van der Waals surface area contributed by atoms with Crippen LogP contribution in [-0.2, 0) is 28.7 Å². The quantitative estimate of drug-likeness (QED) is 0.0229. The number of para-hydroxylation sites is 3. The second-order valence-corrected chi connectivity index (χ2v) is 17.9. The number of benzene rings is 4. The fraction of sp³-hybridized carbons (Fsp3) is 0.259. The summed E-state index contributed by atoms with van der Waals surface area (Å²) >= 11 is 0. The average Bonchev–Trinajstić information content (AvgIpc) is 3.64. The number of hydrogen-bond acceptors (Lipinski definition) is 8. The van der Waals surface area contributed by atoms with Gasteiger partial charge >= 0.3 is 14.8 Å². The first kappa shape index (κ1) is 49.5. The van der Waals surface area contributed by atoms with Gasteiger partial charge in [0.25, 0.3) is 0 Å². The number of fused-ring (bicyclic) bond motifs is 2. The maximum Gasteiger partial charge on any atom is 0.569 e. The first-order chi connectivity index (χ1) is 31.2. The molecule has 12 heteroatoms. The standard InChI is InChI=1S/C54H57B2N3O6.BrH/c1-37(2)48(60)25-8-7-9-26-49(61)39-28-31-45(57-34-39)38(29-32-51-53(3,4)42-20-12-15-23-46(42)58(51)35-40-18-10-14-22-44(40)56(63)64)30-33-52-54(5,6)43-21-13-16-24-47(43)59(52)36-41-19-11-17-27-50(41)65-55-62;/h10-24,27-34,62-64H,1,7-9,25-26,35-36H2,2-6H3;1H/q+1;/p-1. The Bertz CT molecular complexity index is 2720. The molecule has 337 valence electrons. The van der Waals surface area contributed by atoms with Crippen LogP contribution in [0.3, 0.4) is 0 Å². The summed E-state index contributed by atoms with van der Waals surface area (Å²) in [5.74, 6) is 0.632. The van der Waals surface area contributed by atoms with E-state index in [0.717, 1.165) is 57.9 Å². The van der Waals surface area contributed by atoms with Crippen molar-refractivity contribution in [2.45, 2.75) is 90.6 Å². The predicted octanol–water partition coefficient (Wildman–Crippen LogP) is 6.05. The summed E-state index contributed by atoms with van der Waals surface area (Å²) < 4.78 is 7.81. The fourth-order valence-electron chi connectivity index (χ4n) is 9.10. The normalized spacial score (nSPS) is 15.4. The van der Waals surface area contributed by atoms with E-state index in [1.165, 1.54) is 5.56 Å². The summed E-state index contributed by atoms with van der Waals surface area (Å²) in [6, 6.07) is 35.5. The van der Waals surface area contributed by atoms with Crippen molar-refractivity contribution >= 4 is 54.5 Å². The van der Waals surface area contributed by atoms with E-state index in [0.29, 0.717) is 68.1 Å². The van der Waals surface area contributed by atoms with E-state index in [1.54, 1.807) is 19.2 Å². The molecule has 0 fully saturated rings. The molecule has 2 aliphatic rings. The molecule has 5 aromatic rings. The van der Waals surface area contributed by atoms with Crippen LogP contribution >= 0.6 is 0 Å². The number of aromatic nitrogens is 1. The molecule has 1 radical (unpaired) electrons. The van der Waals surface area contributed by atoms with E-state index in [9.17, 15) is 24.7 Å². The molecule has 0 atom stereocenters. The molecular weight excluding hydrogens is 888 g/mol. The highest BCUT2D eigenvalue weighted by Crippen LogP contribution is 2.48. The molecular formula is C54H57B2BrN3O6. The zero-order valence-electron chi connectivity index (χ0n) is 38.4. The molecule has 0 spiro atoms. The number of pyridine rings is 1. The van der Waals surface area contributed by atoms with E-state index in [2.05, 4.69) is 98.4 Å². The molecule has 66 heavy (non-hydrogen) atoms. The smallest absolute Gasteiger partial charge is 0.569 e. The minimum atomic E-state index is -1.61. The fourth-order valence-corrected chi connectivity index (χ4v) is 9.10. The summed E-state index contributed by atoms with van der Waals surface area (Å²) in [6.07, 6.45) is 13.1. The van der Waals surface area contributed by atoms with Gasteiger partial charge < -0.3 is 41.6 Å². The number of halogens is 1. The number of carbonyl (C=O) groups excluding carboxylic acids is 2. The summed E-state index contributed by atoms with van der Waals surface area (Å²) in [5, 5.41) is 30.2. The number of anilines is 1. The zero-order chi connectivity index (χ0) is 46.3. The number of ketones is 2. The van der Waals surface area contributed by atoms with Gasteiger partial charge in [-0.2, -0.15) is 4.58 Å². The monoisotopic (exact) mass is 944 g/mol. The highest BCUT2D eigenvalue weighted by molar-refractivity contribution is 6.59. The maximum atomic E-state index is 13.4. The summed E-state index contributed by atoms with van der Waals surface area (Å²) in [7, 11) is -0.908. The molecule has 1 aromatic heterocycles. The van der Waals surface area contributed by atoms with Crippen molar-refractivity contribution in [2.75, 3.05) is 4.90 Å². The molecule has 0 unspecified atom stereocenters. The van der Waals surface area contributed by atoms with E-state index in [1.807, 2.05) is 72.8 Å². The third-order valence-electron chi connectivity index (χ3n) is 12.7. The molecule has 9 nitrogen and oxygen atoms in total. The lowest BCUT2D eigenvalue weighted by Gasteiger charge is -2.28. The Hall–Kier alpha value is -5.91. The molecule has 0 saturated carbocycles. The first-order valence-corrected chi connectivity index (χ1v) is 22.3. The zero-order valence-corrected chi connectivity index (χ0v) is 40.0. The number of rotatable bonds is 19. The molecule has 3 heterocycles. The number of hydrogen-bond donors (Lipinski definition) is 3. The lowest BCUT2D eigenvalue weighted by atomic mass is 9.77. The van der Waals surface area contributed by atoms with E-state index in [4.69, 9.17) is 9.64 Å². The minimum Gasteiger partial charge on any atom is -1.00 e. The van der Waals surface area contributed by atoms with Crippen molar-refractivity contribution in [3.63, 3.8) is 0 Å². The summed E-state index contributed by atoms with van der Waals surface area (Å²) in [4.78, 5) is 32.5. The summed E-state index contributed by atoms with van der Waals surface area (Å²) in [6.45, 7) is 15.2. The van der Waals surface area contributed by atoms with Crippen molar-refractivity contribution in [1.29, 1.82) is 0 Å².